The molecule has 0 spiro atoms. The van der Waals surface area contributed by atoms with Gasteiger partial charge in [-0.15, -0.1) is 24.0 Å². The first-order valence-corrected chi connectivity index (χ1v) is 8.15. The minimum atomic E-state index is -0.189. The first-order valence-electron chi connectivity index (χ1n) is 8.15. The fourth-order valence-electron chi connectivity index (χ4n) is 3.07. The van der Waals surface area contributed by atoms with Gasteiger partial charge in [0.15, 0.2) is 5.96 Å². The zero-order valence-corrected chi connectivity index (χ0v) is 15.9. The first-order chi connectivity index (χ1) is 11.2. The number of aryl methyl sites for hydroxylation is 1. The molecule has 0 aromatic heterocycles. The summed E-state index contributed by atoms with van der Waals surface area (Å²) in [4.78, 5) is 4.32. The van der Waals surface area contributed by atoms with Crippen LogP contribution >= 0.6 is 24.0 Å². The molecule has 2 aromatic rings. The quantitative estimate of drug-likeness (QED) is 0.424. The molecule has 24 heavy (non-hydrogen) atoms. The summed E-state index contributed by atoms with van der Waals surface area (Å²) in [6.45, 7) is 0.467. The Morgan fingerprint density at radius 3 is 2.71 bits per heavy atom. The van der Waals surface area contributed by atoms with Gasteiger partial charge in [-0.25, -0.2) is 4.39 Å². The normalized spacial score (nSPS) is 13.8. The number of halogens is 2. The van der Waals surface area contributed by atoms with Gasteiger partial charge in [0.05, 0.1) is 0 Å². The van der Waals surface area contributed by atoms with Gasteiger partial charge in [0.1, 0.15) is 5.82 Å². The summed E-state index contributed by atoms with van der Waals surface area (Å²) in [5.41, 5.74) is 10.5. The largest absolute Gasteiger partial charge is 0.370 e. The number of guanidine groups is 1. The van der Waals surface area contributed by atoms with E-state index >= 15 is 0 Å². The molecule has 3 rings (SSSR count). The van der Waals surface area contributed by atoms with Gasteiger partial charge < -0.3 is 11.1 Å². The fourth-order valence-corrected chi connectivity index (χ4v) is 3.07. The number of anilines is 1. The Kier molecular flexibility index (Phi) is 7.02. The van der Waals surface area contributed by atoms with Crippen molar-refractivity contribution in [2.45, 2.75) is 32.1 Å². The Labute approximate surface area is 159 Å². The lowest BCUT2D eigenvalue weighted by molar-refractivity contribution is 0.609. The van der Waals surface area contributed by atoms with Crippen molar-refractivity contribution in [3.8, 4) is 0 Å². The second kappa shape index (κ2) is 9.01. The lowest BCUT2D eigenvalue weighted by Crippen LogP contribution is -2.24. The molecule has 128 valence electrons. The van der Waals surface area contributed by atoms with Crippen LogP contribution in [0.25, 0.3) is 0 Å². The molecule has 2 aromatic carbocycles. The first kappa shape index (κ1) is 18.7. The van der Waals surface area contributed by atoms with E-state index in [9.17, 15) is 4.39 Å². The van der Waals surface area contributed by atoms with Crippen LogP contribution in [-0.2, 0) is 19.3 Å². The Bertz CT molecular complexity index is 716. The van der Waals surface area contributed by atoms with Gasteiger partial charge in [0, 0.05) is 12.2 Å². The molecule has 0 atom stereocenters. The maximum Gasteiger partial charge on any atom is 0.193 e. The molecule has 0 bridgehead atoms. The van der Waals surface area contributed by atoms with Gasteiger partial charge in [-0.1, -0.05) is 30.3 Å². The molecule has 0 saturated heterocycles. The number of aliphatic imine (C=N–C) groups is 1. The van der Waals surface area contributed by atoms with Crippen LogP contribution in [0.4, 0.5) is 10.1 Å². The lowest BCUT2D eigenvalue weighted by Gasteiger charge is -2.19. The van der Waals surface area contributed by atoms with E-state index in [4.69, 9.17) is 5.73 Å². The molecule has 1 aliphatic rings. The summed E-state index contributed by atoms with van der Waals surface area (Å²) < 4.78 is 13.6. The molecule has 5 heteroatoms. The summed E-state index contributed by atoms with van der Waals surface area (Å²) in [7, 11) is 0. The second-order valence-corrected chi connectivity index (χ2v) is 5.88. The van der Waals surface area contributed by atoms with E-state index in [1.165, 1.54) is 30.0 Å². The Balaban J connectivity index is 0.00000208. The van der Waals surface area contributed by atoms with E-state index in [-0.39, 0.29) is 29.8 Å². The van der Waals surface area contributed by atoms with E-state index in [2.05, 4.69) is 22.4 Å². The number of nitrogens with two attached hydrogens (primary N) is 1. The zero-order chi connectivity index (χ0) is 16.1. The standard InChI is InChI=1S/C19H22FN3.HI/c20-17-10-4-2-7-15(17)12-13-22-19(21)23-18-11-5-8-14-6-1-3-9-16(14)18;/h2,4-5,7-8,10-11H,1,3,6,9,12-13H2,(H3,21,22,23);1H. The Morgan fingerprint density at radius 2 is 1.88 bits per heavy atom. The summed E-state index contributed by atoms with van der Waals surface area (Å²) in [6.07, 6.45) is 5.23. The number of nitrogens with one attached hydrogen (secondary N) is 1. The van der Waals surface area contributed by atoms with Crippen LogP contribution in [0.1, 0.15) is 29.5 Å². The van der Waals surface area contributed by atoms with E-state index in [0.717, 1.165) is 18.5 Å². The van der Waals surface area contributed by atoms with Crippen molar-refractivity contribution in [2.24, 2.45) is 10.7 Å². The molecular weight excluding hydrogens is 416 g/mol. The van der Waals surface area contributed by atoms with E-state index < -0.39 is 0 Å². The van der Waals surface area contributed by atoms with Crippen LogP contribution in [0.3, 0.4) is 0 Å². The summed E-state index contributed by atoms with van der Waals surface area (Å²) in [5, 5.41) is 3.20. The molecule has 1 aliphatic carbocycles. The van der Waals surface area contributed by atoms with Crippen molar-refractivity contribution in [3.63, 3.8) is 0 Å². The van der Waals surface area contributed by atoms with Gasteiger partial charge in [-0.2, -0.15) is 0 Å². The maximum atomic E-state index is 13.6. The summed E-state index contributed by atoms with van der Waals surface area (Å²) in [6, 6.07) is 13.1. The molecule has 3 N–H and O–H groups in total. The Hall–Kier alpha value is -1.63. The molecule has 0 heterocycles. The van der Waals surface area contributed by atoms with Crippen LogP contribution in [0.2, 0.25) is 0 Å². The summed E-state index contributed by atoms with van der Waals surface area (Å²) in [5.74, 6) is 0.201. The van der Waals surface area contributed by atoms with Crippen LogP contribution in [0.5, 0.6) is 0 Å². The third-order valence-corrected chi connectivity index (χ3v) is 4.28. The molecule has 0 saturated carbocycles. The molecule has 0 radical (unpaired) electrons. The zero-order valence-electron chi connectivity index (χ0n) is 13.6. The topological polar surface area (TPSA) is 50.4 Å². The maximum absolute atomic E-state index is 13.6. The van der Waals surface area contributed by atoms with E-state index in [1.807, 2.05) is 12.1 Å². The average Bonchev–Trinajstić information content (AvgIpc) is 2.57. The van der Waals surface area contributed by atoms with E-state index in [1.54, 1.807) is 12.1 Å². The van der Waals surface area contributed by atoms with Crippen molar-refractivity contribution in [3.05, 3.63) is 65.0 Å². The monoisotopic (exact) mass is 439 g/mol. The van der Waals surface area contributed by atoms with Crippen molar-refractivity contribution in [2.75, 3.05) is 11.9 Å². The number of nitrogens with zero attached hydrogens (tertiary/aromatic N) is 1. The second-order valence-electron chi connectivity index (χ2n) is 5.88. The van der Waals surface area contributed by atoms with Crippen LogP contribution < -0.4 is 11.1 Å². The van der Waals surface area contributed by atoms with Crippen LogP contribution in [-0.4, -0.2) is 12.5 Å². The molecular formula is C19H23FIN3. The molecule has 0 aliphatic heterocycles. The Morgan fingerprint density at radius 1 is 1.08 bits per heavy atom. The van der Waals surface area contributed by atoms with Crippen LogP contribution in [0.15, 0.2) is 47.5 Å². The van der Waals surface area contributed by atoms with Gasteiger partial charge >= 0.3 is 0 Å². The van der Waals surface area contributed by atoms with Crippen molar-refractivity contribution >= 4 is 35.6 Å². The highest BCUT2D eigenvalue weighted by Crippen LogP contribution is 2.27. The third-order valence-electron chi connectivity index (χ3n) is 4.28. The van der Waals surface area contributed by atoms with Gasteiger partial charge in [-0.3, -0.25) is 4.99 Å². The fraction of sp³-hybridized carbons (Fsp3) is 0.316. The highest BCUT2D eigenvalue weighted by molar-refractivity contribution is 14.0. The number of fused-ring (bicyclic) bond motifs is 1. The minimum absolute atomic E-state index is 0. The van der Waals surface area contributed by atoms with Gasteiger partial charge in [0.25, 0.3) is 0 Å². The minimum Gasteiger partial charge on any atom is -0.370 e. The molecule has 0 unspecified atom stereocenters. The molecule has 0 fully saturated rings. The summed E-state index contributed by atoms with van der Waals surface area (Å²) >= 11 is 0. The van der Waals surface area contributed by atoms with Crippen molar-refractivity contribution in [1.29, 1.82) is 0 Å². The molecule has 3 nitrogen and oxygen atoms in total. The molecule has 0 amide bonds. The highest BCUT2D eigenvalue weighted by atomic mass is 127. The number of hydrogen-bond acceptors (Lipinski definition) is 1. The number of hydrogen-bond donors (Lipinski definition) is 2. The van der Waals surface area contributed by atoms with Crippen LogP contribution in [0, 0.1) is 5.82 Å². The van der Waals surface area contributed by atoms with Crippen molar-refractivity contribution in [1.82, 2.24) is 0 Å². The van der Waals surface area contributed by atoms with Crippen molar-refractivity contribution < 1.29 is 4.39 Å². The predicted molar refractivity (Wildman–Crippen MR) is 109 cm³/mol. The lowest BCUT2D eigenvalue weighted by atomic mass is 9.90. The SMILES string of the molecule is I.NC(=NCCc1ccccc1F)Nc1cccc2c1CCCC2. The smallest absolute Gasteiger partial charge is 0.193 e. The van der Waals surface area contributed by atoms with Gasteiger partial charge in [0.2, 0.25) is 0 Å². The van der Waals surface area contributed by atoms with E-state index in [0.29, 0.717) is 24.5 Å². The van der Waals surface area contributed by atoms with Gasteiger partial charge in [-0.05, 0) is 60.9 Å². The highest BCUT2D eigenvalue weighted by Gasteiger charge is 2.13. The third kappa shape index (κ3) is 4.69. The number of rotatable bonds is 4. The average molecular weight is 439 g/mol. The number of benzene rings is 2. The predicted octanol–water partition coefficient (Wildman–Crippen LogP) is 4.29.